The van der Waals surface area contributed by atoms with E-state index in [2.05, 4.69) is 40.8 Å². The molecule has 0 saturated carbocycles. The van der Waals surface area contributed by atoms with Crippen LogP contribution in [-0.2, 0) is 0 Å². The van der Waals surface area contributed by atoms with Crippen molar-refractivity contribution in [3.8, 4) is 52.3 Å². The molecule has 4 nitrogen and oxygen atoms in total. The molecule has 0 amide bonds. The van der Waals surface area contributed by atoms with Gasteiger partial charge in [0.05, 0.1) is 12.2 Å². The molecule has 42 heavy (non-hydrogen) atoms. The molecule has 0 bridgehead atoms. The number of ether oxygens (including phenoxy) is 1. The van der Waals surface area contributed by atoms with Gasteiger partial charge in [0.15, 0.2) is 0 Å². The third-order valence-electron chi connectivity index (χ3n) is 6.78. The van der Waals surface area contributed by atoms with Crippen molar-refractivity contribution in [2.24, 2.45) is 0 Å². The van der Waals surface area contributed by atoms with Crippen LogP contribution < -0.4 is 4.74 Å². The number of benzene rings is 4. The molecule has 0 atom stereocenters. The molecule has 0 saturated heterocycles. The first kappa shape index (κ1) is 28.5. The molecule has 0 aliphatic heterocycles. The maximum absolute atomic E-state index is 6.14. The lowest BCUT2D eigenvalue weighted by Gasteiger charge is -2.06. The van der Waals surface area contributed by atoms with Crippen LogP contribution in [0.3, 0.4) is 0 Å². The summed E-state index contributed by atoms with van der Waals surface area (Å²) in [5.74, 6) is 14.7. The van der Waals surface area contributed by atoms with Gasteiger partial charge in [0.2, 0.25) is 11.8 Å². The molecule has 0 aliphatic rings. The minimum atomic E-state index is 0.410. The van der Waals surface area contributed by atoms with Gasteiger partial charge in [0.25, 0.3) is 0 Å². The van der Waals surface area contributed by atoms with Crippen molar-refractivity contribution in [3.63, 3.8) is 0 Å². The van der Waals surface area contributed by atoms with Crippen LogP contribution in [0, 0.1) is 23.7 Å². The monoisotopic (exact) mass is 550 g/mol. The lowest BCUT2D eigenvalue weighted by Crippen LogP contribution is -1.97. The van der Waals surface area contributed by atoms with Gasteiger partial charge in [-0.3, -0.25) is 0 Å². The van der Waals surface area contributed by atoms with E-state index >= 15 is 0 Å². The van der Waals surface area contributed by atoms with Crippen molar-refractivity contribution in [1.29, 1.82) is 0 Å². The Morgan fingerprint density at radius 2 is 1.21 bits per heavy atom. The minimum absolute atomic E-state index is 0.410. The fourth-order valence-electron chi connectivity index (χ4n) is 4.45. The molecule has 5 rings (SSSR count). The Morgan fingerprint density at radius 3 is 1.93 bits per heavy atom. The number of hydrogen-bond acceptors (Lipinski definition) is 4. The van der Waals surface area contributed by atoms with E-state index in [1.54, 1.807) is 0 Å². The Bertz CT molecular complexity index is 1680. The molecule has 4 aromatic carbocycles. The van der Waals surface area contributed by atoms with Crippen LogP contribution in [0.1, 0.15) is 67.7 Å². The topological polar surface area (TPSA) is 48.2 Å². The molecule has 0 N–H and O–H groups in total. The number of hydrogen-bond donors (Lipinski definition) is 0. The summed E-state index contributed by atoms with van der Waals surface area (Å²) in [6.45, 7) is 2.97. The van der Waals surface area contributed by atoms with E-state index < -0.39 is 0 Å². The summed E-state index contributed by atoms with van der Waals surface area (Å²) in [6, 6.07) is 33.5. The minimum Gasteiger partial charge on any atom is -0.494 e. The predicted molar refractivity (Wildman–Crippen MR) is 169 cm³/mol. The second-order valence-corrected chi connectivity index (χ2v) is 10.0. The van der Waals surface area contributed by atoms with Gasteiger partial charge in [-0.25, -0.2) is 0 Å². The van der Waals surface area contributed by atoms with Crippen LogP contribution >= 0.6 is 0 Å². The quantitative estimate of drug-likeness (QED) is 0.129. The van der Waals surface area contributed by atoms with Crippen LogP contribution in [0.15, 0.2) is 108 Å². The Kier molecular flexibility index (Phi) is 10.2. The van der Waals surface area contributed by atoms with Crippen LogP contribution in [0.2, 0.25) is 0 Å². The highest BCUT2D eigenvalue weighted by molar-refractivity contribution is 5.68. The first-order valence-corrected chi connectivity index (χ1v) is 14.6. The molecule has 0 fully saturated rings. The Balaban J connectivity index is 1.33. The van der Waals surface area contributed by atoms with Crippen molar-refractivity contribution < 1.29 is 9.15 Å². The number of nitrogens with zero attached hydrogens (tertiary/aromatic N) is 2. The molecular weight excluding hydrogens is 516 g/mol. The van der Waals surface area contributed by atoms with E-state index in [4.69, 9.17) is 9.15 Å². The standard InChI is InChI=1S/C38H34N2O2/c1-2-3-4-5-6-13-28-41-35-25-23-33(24-26-35)37-39-40-38(42-37)36-27-21-32(19-18-30-14-9-7-10-15-30)29-34(36)22-20-31-16-11-8-12-17-31/h7-12,14-17,21,23-27,29H,2-6,13,28H2,1H3. The fraction of sp³-hybridized carbons (Fsp3) is 0.211. The van der Waals surface area contributed by atoms with E-state index in [0.29, 0.717) is 11.8 Å². The lowest BCUT2D eigenvalue weighted by molar-refractivity contribution is 0.304. The van der Waals surface area contributed by atoms with Crippen LogP contribution in [0.5, 0.6) is 5.75 Å². The highest BCUT2D eigenvalue weighted by atomic mass is 16.5. The molecule has 5 aromatic rings. The summed E-state index contributed by atoms with van der Waals surface area (Å²) < 4.78 is 12.1. The lowest BCUT2D eigenvalue weighted by atomic mass is 10.0. The third-order valence-corrected chi connectivity index (χ3v) is 6.78. The highest BCUT2D eigenvalue weighted by Gasteiger charge is 2.14. The second kappa shape index (κ2) is 15.1. The summed E-state index contributed by atoms with van der Waals surface area (Å²) in [5, 5.41) is 8.69. The maximum Gasteiger partial charge on any atom is 0.249 e. The van der Waals surface area contributed by atoms with Gasteiger partial charge in [-0.15, -0.1) is 10.2 Å². The molecule has 1 heterocycles. The number of rotatable bonds is 10. The first-order valence-electron chi connectivity index (χ1n) is 14.6. The zero-order valence-corrected chi connectivity index (χ0v) is 24.0. The second-order valence-electron chi connectivity index (χ2n) is 10.0. The van der Waals surface area contributed by atoms with Crippen LogP contribution in [0.25, 0.3) is 22.9 Å². The predicted octanol–water partition coefficient (Wildman–Crippen LogP) is 8.94. The normalized spacial score (nSPS) is 10.3. The van der Waals surface area contributed by atoms with Gasteiger partial charge in [-0.1, -0.05) is 99.1 Å². The van der Waals surface area contributed by atoms with E-state index in [1.165, 1.54) is 32.1 Å². The van der Waals surface area contributed by atoms with E-state index in [0.717, 1.165) is 52.2 Å². The molecular formula is C38H34N2O2. The largest absolute Gasteiger partial charge is 0.494 e. The first-order chi connectivity index (χ1) is 20.8. The Labute approximate surface area is 248 Å². The van der Waals surface area contributed by atoms with Crippen molar-refractivity contribution in [1.82, 2.24) is 10.2 Å². The van der Waals surface area contributed by atoms with E-state index in [9.17, 15) is 0 Å². The molecule has 0 radical (unpaired) electrons. The molecule has 0 unspecified atom stereocenters. The zero-order chi connectivity index (χ0) is 28.8. The van der Waals surface area contributed by atoms with Crippen molar-refractivity contribution >= 4 is 0 Å². The van der Waals surface area contributed by atoms with E-state index in [-0.39, 0.29) is 0 Å². The maximum atomic E-state index is 6.14. The Hall–Kier alpha value is -5.06. The highest BCUT2D eigenvalue weighted by Crippen LogP contribution is 2.28. The number of aromatic nitrogens is 2. The van der Waals surface area contributed by atoms with Gasteiger partial charge < -0.3 is 9.15 Å². The average Bonchev–Trinajstić information content (AvgIpc) is 3.54. The van der Waals surface area contributed by atoms with Crippen molar-refractivity contribution in [2.75, 3.05) is 6.61 Å². The average molecular weight is 551 g/mol. The summed E-state index contributed by atoms with van der Waals surface area (Å²) in [6.07, 6.45) is 7.46. The van der Waals surface area contributed by atoms with Gasteiger partial charge in [0.1, 0.15) is 5.75 Å². The third kappa shape index (κ3) is 8.23. The van der Waals surface area contributed by atoms with E-state index in [1.807, 2.05) is 103 Å². The van der Waals surface area contributed by atoms with Crippen LogP contribution in [-0.4, -0.2) is 16.8 Å². The summed E-state index contributed by atoms with van der Waals surface area (Å²) in [5.41, 5.74) is 5.11. The number of unbranched alkanes of at least 4 members (excludes halogenated alkanes) is 5. The van der Waals surface area contributed by atoms with Crippen molar-refractivity contribution in [3.05, 3.63) is 125 Å². The van der Waals surface area contributed by atoms with Gasteiger partial charge in [0, 0.05) is 27.8 Å². The SMILES string of the molecule is CCCCCCCCOc1ccc(-c2nnc(-c3ccc(C#Cc4ccccc4)cc3C#Cc3ccccc3)o2)cc1. The van der Waals surface area contributed by atoms with Gasteiger partial charge in [-0.05, 0) is 73.2 Å². The smallest absolute Gasteiger partial charge is 0.249 e. The fourth-order valence-corrected chi connectivity index (χ4v) is 4.45. The molecule has 208 valence electrons. The molecule has 4 heteroatoms. The summed E-state index contributed by atoms with van der Waals surface area (Å²) >= 11 is 0. The zero-order valence-electron chi connectivity index (χ0n) is 24.0. The van der Waals surface area contributed by atoms with Crippen LogP contribution in [0.4, 0.5) is 0 Å². The van der Waals surface area contributed by atoms with Gasteiger partial charge in [-0.2, -0.15) is 0 Å². The van der Waals surface area contributed by atoms with Crippen molar-refractivity contribution in [2.45, 2.75) is 45.4 Å². The molecule has 0 aliphatic carbocycles. The Morgan fingerprint density at radius 1 is 0.595 bits per heavy atom. The summed E-state index contributed by atoms with van der Waals surface area (Å²) in [7, 11) is 0. The molecule has 1 aromatic heterocycles. The van der Waals surface area contributed by atoms with Gasteiger partial charge >= 0.3 is 0 Å². The molecule has 0 spiro atoms. The summed E-state index contributed by atoms with van der Waals surface area (Å²) in [4.78, 5) is 0.